The molecule has 1 aromatic heterocycles. The molecule has 5 nitrogen and oxygen atoms in total. The highest BCUT2D eigenvalue weighted by atomic mass is 19.1. The fraction of sp³-hybridized carbons (Fsp3) is 0.125. The predicted octanol–water partition coefficient (Wildman–Crippen LogP) is 5.23. The van der Waals surface area contributed by atoms with Gasteiger partial charge in [-0.2, -0.15) is 0 Å². The summed E-state index contributed by atoms with van der Waals surface area (Å²) in [5.41, 5.74) is 3.02. The Kier molecular flexibility index (Phi) is 5.14. The lowest BCUT2D eigenvalue weighted by Crippen LogP contribution is -2.05. The number of hydrogen-bond acceptors (Lipinski definition) is 4. The monoisotopic (exact) mass is 405 g/mol. The van der Waals surface area contributed by atoms with Crippen LogP contribution in [-0.2, 0) is 0 Å². The van der Waals surface area contributed by atoms with Crippen molar-refractivity contribution >= 4 is 16.7 Å². The van der Waals surface area contributed by atoms with E-state index in [1.807, 2.05) is 24.3 Å². The topological polar surface area (TPSA) is 60.6 Å². The summed E-state index contributed by atoms with van der Waals surface area (Å²) in [5, 5.41) is 0.774. The van der Waals surface area contributed by atoms with Crippen LogP contribution in [0.1, 0.15) is 15.9 Å². The summed E-state index contributed by atoms with van der Waals surface area (Å²) in [4.78, 5) is 17.0. The summed E-state index contributed by atoms with van der Waals surface area (Å²) in [6, 6.07) is 16.8. The van der Waals surface area contributed by atoms with E-state index in [0.717, 1.165) is 10.9 Å². The van der Waals surface area contributed by atoms with Crippen LogP contribution >= 0.6 is 0 Å². The van der Waals surface area contributed by atoms with Crippen LogP contribution in [0, 0.1) is 5.82 Å². The van der Waals surface area contributed by atoms with E-state index in [2.05, 4.69) is 4.98 Å². The molecule has 0 atom stereocenters. The summed E-state index contributed by atoms with van der Waals surface area (Å²) in [7, 11) is 4.51. The van der Waals surface area contributed by atoms with Gasteiger partial charge in [0.1, 0.15) is 5.82 Å². The van der Waals surface area contributed by atoms with Gasteiger partial charge in [0.05, 0.1) is 32.6 Å². The molecule has 1 N–H and O–H groups in total. The third-order valence-corrected chi connectivity index (χ3v) is 4.99. The lowest BCUT2D eigenvalue weighted by atomic mass is 9.96. The van der Waals surface area contributed by atoms with Crippen LogP contribution in [0.5, 0.6) is 17.2 Å². The molecule has 1 heterocycles. The zero-order chi connectivity index (χ0) is 21.3. The molecule has 0 bridgehead atoms. The standard InChI is InChI=1S/C24H20FNO4/c1-28-19-12-15(13-20(29-2)24(19)30-3)23(27)21-17-6-4-5-7-18(17)26-22(21)14-8-10-16(25)11-9-14/h4-13,26H,1-3H3. The lowest BCUT2D eigenvalue weighted by molar-refractivity contribution is 0.104. The van der Waals surface area contributed by atoms with Gasteiger partial charge in [-0.15, -0.1) is 0 Å². The molecule has 0 fully saturated rings. The minimum Gasteiger partial charge on any atom is -0.493 e. The Labute approximate surface area is 173 Å². The third kappa shape index (κ3) is 3.26. The quantitative estimate of drug-likeness (QED) is 0.446. The van der Waals surface area contributed by atoms with Crippen molar-refractivity contribution in [1.82, 2.24) is 4.98 Å². The number of ether oxygens (including phenoxy) is 3. The molecule has 152 valence electrons. The maximum atomic E-state index is 13.7. The fourth-order valence-corrected chi connectivity index (χ4v) is 3.57. The third-order valence-electron chi connectivity index (χ3n) is 4.99. The number of carbonyl (C=O) groups excluding carboxylic acids is 1. The number of methoxy groups -OCH3 is 3. The zero-order valence-electron chi connectivity index (χ0n) is 16.8. The molecule has 6 heteroatoms. The van der Waals surface area contributed by atoms with E-state index in [-0.39, 0.29) is 11.6 Å². The zero-order valence-corrected chi connectivity index (χ0v) is 16.8. The number of ketones is 1. The van der Waals surface area contributed by atoms with Crippen LogP contribution in [0.2, 0.25) is 0 Å². The van der Waals surface area contributed by atoms with E-state index in [4.69, 9.17) is 14.2 Å². The summed E-state index contributed by atoms with van der Waals surface area (Å²) < 4.78 is 29.6. The van der Waals surface area contributed by atoms with Crippen LogP contribution in [0.3, 0.4) is 0 Å². The number of nitrogens with one attached hydrogen (secondary N) is 1. The normalized spacial score (nSPS) is 10.8. The number of fused-ring (bicyclic) bond motifs is 1. The Hall–Kier alpha value is -3.80. The number of benzene rings is 3. The van der Waals surface area contributed by atoms with Gasteiger partial charge in [0, 0.05) is 16.5 Å². The van der Waals surface area contributed by atoms with Gasteiger partial charge in [-0.3, -0.25) is 4.79 Å². The van der Waals surface area contributed by atoms with E-state index in [9.17, 15) is 9.18 Å². The summed E-state index contributed by atoms with van der Waals surface area (Å²) in [6.07, 6.45) is 0. The van der Waals surface area contributed by atoms with Crippen LogP contribution in [0.25, 0.3) is 22.2 Å². The van der Waals surface area contributed by atoms with Gasteiger partial charge in [0.2, 0.25) is 5.75 Å². The Bertz CT molecular complexity index is 1200. The molecule has 0 saturated heterocycles. The van der Waals surface area contributed by atoms with Gasteiger partial charge < -0.3 is 19.2 Å². The van der Waals surface area contributed by atoms with Gasteiger partial charge in [0.25, 0.3) is 0 Å². The van der Waals surface area contributed by atoms with E-state index < -0.39 is 0 Å². The molecular formula is C24H20FNO4. The van der Waals surface area contributed by atoms with Gasteiger partial charge in [-0.05, 0) is 48.0 Å². The van der Waals surface area contributed by atoms with E-state index >= 15 is 0 Å². The second-order valence-corrected chi connectivity index (χ2v) is 6.67. The van der Waals surface area contributed by atoms with Crippen molar-refractivity contribution in [2.75, 3.05) is 21.3 Å². The molecule has 3 aromatic carbocycles. The molecule has 0 aliphatic rings. The van der Waals surface area contributed by atoms with Crippen LogP contribution < -0.4 is 14.2 Å². The molecule has 0 aliphatic carbocycles. The van der Waals surface area contributed by atoms with Gasteiger partial charge in [-0.1, -0.05) is 18.2 Å². The number of aromatic amines is 1. The maximum Gasteiger partial charge on any atom is 0.203 e. The number of rotatable bonds is 6. The van der Waals surface area contributed by atoms with Crippen LogP contribution in [-0.4, -0.2) is 32.1 Å². The molecule has 30 heavy (non-hydrogen) atoms. The van der Waals surface area contributed by atoms with Crippen molar-refractivity contribution in [2.45, 2.75) is 0 Å². The van der Waals surface area contributed by atoms with Crippen molar-refractivity contribution < 1.29 is 23.4 Å². The highest BCUT2D eigenvalue weighted by molar-refractivity contribution is 6.20. The number of H-pyrrole nitrogens is 1. The van der Waals surface area contributed by atoms with Crippen molar-refractivity contribution in [3.63, 3.8) is 0 Å². The Morgan fingerprint density at radius 3 is 2.10 bits per heavy atom. The highest BCUT2D eigenvalue weighted by Crippen LogP contribution is 2.40. The first kappa shape index (κ1) is 19.5. The lowest BCUT2D eigenvalue weighted by Gasteiger charge is -2.14. The highest BCUT2D eigenvalue weighted by Gasteiger charge is 2.24. The van der Waals surface area contributed by atoms with Gasteiger partial charge >= 0.3 is 0 Å². The maximum absolute atomic E-state index is 13.7. The molecular weight excluding hydrogens is 385 g/mol. The first-order valence-electron chi connectivity index (χ1n) is 9.28. The Morgan fingerprint density at radius 2 is 1.50 bits per heavy atom. The van der Waals surface area contributed by atoms with Crippen molar-refractivity contribution in [2.24, 2.45) is 0 Å². The summed E-state index contributed by atoms with van der Waals surface area (Å²) >= 11 is 0. The average molecular weight is 405 g/mol. The second kappa shape index (κ2) is 7.91. The minimum absolute atomic E-state index is 0.217. The number of aromatic nitrogens is 1. The number of halogens is 1. The predicted molar refractivity (Wildman–Crippen MR) is 113 cm³/mol. The number of para-hydroxylation sites is 1. The summed E-state index contributed by atoms with van der Waals surface area (Å²) in [6.45, 7) is 0. The molecule has 4 aromatic rings. The smallest absolute Gasteiger partial charge is 0.203 e. The van der Waals surface area contributed by atoms with Crippen LogP contribution in [0.15, 0.2) is 60.7 Å². The molecule has 0 spiro atoms. The molecule has 0 aliphatic heterocycles. The van der Waals surface area contributed by atoms with Crippen molar-refractivity contribution in [3.8, 4) is 28.5 Å². The SMILES string of the molecule is COc1cc(C(=O)c2c(-c3ccc(F)cc3)[nH]c3ccccc23)cc(OC)c1OC. The number of carbonyl (C=O) groups is 1. The molecule has 0 saturated carbocycles. The molecule has 0 unspecified atom stereocenters. The molecule has 4 rings (SSSR count). The van der Waals surface area contributed by atoms with E-state index in [1.54, 1.807) is 24.3 Å². The van der Waals surface area contributed by atoms with Gasteiger partial charge in [0.15, 0.2) is 17.3 Å². The van der Waals surface area contributed by atoms with Crippen molar-refractivity contribution in [1.29, 1.82) is 0 Å². The molecule has 0 amide bonds. The minimum atomic E-state index is -0.340. The Morgan fingerprint density at radius 1 is 0.867 bits per heavy atom. The van der Waals surface area contributed by atoms with Gasteiger partial charge in [-0.25, -0.2) is 4.39 Å². The van der Waals surface area contributed by atoms with Crippen LogP contribution in [0.4, 0.5) is 4.39 Å². The summed E-state index contributed by atoms with van der Waals surface area (Å²) in [5.74, 6) is 0.638. The van der Waals surface area contributed by atoms with Crippen molar-refractivity contribution in [3.05, 3.63) is 77.6 Å². The number of hydrogen-bond donors (Lipinski definition) is 1. The largest absolute Gasteiger partial charge is 0.493 e. The first-order chi connectivity index (χ1) is 14.6. The average Bonchev–Trinajstić information content (AvgIpc) is 3.17. The first-order valence-corrected chi connectivity index (χ1v) is 9.28. The fourth-order valence-electron chi connectivity index (χ4n) is 3.57. The Balaban J connectivity index is 1.94. The van der Waals surface area contributed by atoms with E-state index in [1.165, 1.54) is 33.5 Å². The molecule has 0 radical (unpaired) electrons. The second-order valence-electron chi connectivity index (χ2n) is 6.67. The van der Waals surface area contributed by atoms with E-state index in [0.29, 0.717) is 39.6 Å².